The zero-order valence-corrected chi connectivity index (χ0v) is 12.0. The van der Waals surface area contributed by atoms with Gasteiger partial charge >= 0.3 is 0 Å². The van der Waals surface area contributed by atoms with E-state index in [1.807, 2.05) is 31.2 Å². The topological polar surface area (TPSA) is 47.0 Å². The number of aromatic nitrogens is 2. The Morgan fingerprint density at radius 2 is 2.00 bits per heavy atom. The van der Waals surface area contributed by atoms with E-state index in [-0.39, 0.29) is 5.56 Å². The third kappa shape index (κ3) is 2.73. The summed E-state index contributed by atoms with van der Waals surface area (Å²) in [6, 6.07) is 8.11. The molecule has 5 heteroatoms. The second-order valence-electron chi connectivity index (χ2n) is 4.21. The molecule has 0 aliphatic carbocycles. The van der Waals surface area contributed by atoms with Crippen LogP contribution in [0.2, 0.25) is 0 Å². The number of H-pyrrole nitrogens is 1. The molecule has 0 unspecified atom stereocenters. The molecule has 1 heterocycles. The van der Waals surface area contributed by atoms with Crippen molar-refractivity contribution >= 4 is 15.9 Å². The summed E-state index contributed by atoms with van der Waals surface area (Å²) in [7, 11) is 1.60. The summed E-state index contributed by atoms with van der Waals surface area (Å²) in [5, 5.41) is 3.05. The summed E-state index contributed by atoms with van der Waals surface area (Å²) in [6.07, 6.45) is 0. The second-order valence-corrected chi connectivity index (χ2v) is 5.01. The van der Waals surface area contributed by atoms with E-state index in [1.54, 1.807) is 11.8 Å². The molecular formula is C13H15BrN2O2. The first-order chi connectivity index (χ1) is 8.61. The Morgan fingerprint density at radius 3 is 2.61 bits per heavy atom. The van der Waals surface area contributed by atoms with Gasteiger partial charge in [-0.05, 0) is 28.4 Å². The maximum Gasteiger partial charge on any atom is 0.281 e. The van der Waals surface area contributed by atoms with Crippen LogP contribution >= 0.6 is 15.9 Å². The van der Waals surface area contributed by atoms with Crippen LogP contribution < -0.4 is 5.56 Å². The van der Waals surface area contributed by atoms with Crippen LogP contribution in [0.1, 0.15) is 16.8 Å². The smallest absolute Gasteiger partial charge is 0.281 e. The summed E-state index contributed by atoms with van der Waals surface area (Å²) in [6.45, 7) is 2.95. The van der Waals surface area contributed by atoms with Crippen molar-refractivity contribution in [2.75, 3.05) is 7.11 Å². The fourth-order valence-electron chi connectivity index (χ4n) is 1.74. The maximum atomic E-state index is 12.0. The van der Waals surface area contributed by atoms with Gasteiger partial charge in [-0.2, -0.15) is 0 Å². The largest absolute Gasteiger partial charge is 0.378 e. The molecule has 4 nitrogen and oxygen atoms in total. The molecule has 0 saturated heterocycles. The monoisotopic (exact) mass is 310 g/mol. The quantitative estimate of drug-likeness (QED) is 0.943. The van der Waals surface area contributed by atoms with Crippen molar-refractivity contribution in [3.05, 3.63) is 55.9 Å². The number of methoxy groups -OCH3 is 1. The second kappa shape index (κ2) is 5.54. The van der Waals surface area contributed by atoms with Crippen molar-refractivity contribution in [2.45, 2.75) is 20.1 Å². The van der Waals surface area contributed by atoms with Gasteiger partial charge in [0.05, 0.1) is 18.8 Å². The number of hydrogen-bond donors (Lipinski definition) is 1. The van der Waals surface area contributed by atoms with Crippen LogP contribution in [0.15, 0.2) is 33.5 Å². The first-order valence-corrected chi connectivity index (χ1v) is 6.42. The summed E-state index contributed by atoms with van der Waals surface area (Å²) < 4.78 is 7.14. The number of ether oxygens (including phenoxy) is 1. The number of hydrogen-bond acceptors (Lipinski definition) is 2. The van der Waals surface area contributed by atoms with Gasteiger partial charge in [0.1, 0.15) is 4.47 Å². The van der Waals surface area contributed by atoms with E-state index in [2.05, 4.69) is 21.0 Å². The van der Waals surface area contributed by atoms with Crippen LogP contribution in [0.25, 0.3) is 0 Å². The highest BCUT2D eigenvalue weighted by Crippen LogP contribution is 2.11. The molecule has 0 spiro atoms. The minimum absolute atomic E-state index is 0.0670. The molecule has 0 aliphatic heterocycles. The molecule has 2 aromatic rings. The average Bonchev–Trinajstić information content (AvgIpc) is 2.61. The molecule has 96 valence electrons. The number of aromatic amines is 1. The highest BCUT2D eigenvalue weighted by atomic mass is 79.9. The molecule has 18 heavy (non-hydrogen) atoms. The highest BCUT2D eigenvalue weighted by molar-refractivity contribution is 9.10. The Morgan fingerprint density at radius 1 is 1.33 bits per heavy atom. The van der Waals surface area contributed by atoms with Crippen molar-refractivity contribution in [3.63, 3.8) is 0 Å². The van der Waals surface area contributed by atoms with Crippen molar-refractivity contribution in [1.29, 1.82) is 0 Å². The van der Waals surface area contributed by atoms with Crippen LogP contribution in [-0.2, 0) is 17.9 Å². The van der Waals surface area contributed by atoms with Crippen LogP contribution in [0, 0.1) is 6.92 Å². The maximum absolute atomic E-state index is 12.0. The predicted molar refractivity (Wildman–Crippen MR) is 73.7 cm³/mol. The molecule has 0 aliphatic rings. The number of aryl methyl sites for hydroxylation is 1. The summed E-state index contributed by atoms with van der Waals surface area (Å²) in [4.78, 5) is 12.0. The lowest BCUT2D eigenvalue weighted by Crippen LogP contribution is -2.17. The van der Waals surface area contributed by atoms with Gasteiger partial charge in [0.25, 0.3) is 5.56 Å². The van der Waals surface area contributed by atoms with Gasteiger partial charge in [0, 0.05) is 7.11 Å². The normalized spacial score (nSPS) is 10.8. The Labute approximate surface area is 114 Å². The minimum atomic E-state index is -0.0670. The first-order valence-electron chi connectivity index (χ1n) is 5.63. The lowest BCUT2D eigenvalue weighted by atomic mass is 10.1. The minimum Gasteiger partial charge on any atom is -0.378 e. The Hall–Kier alpha value is -1.33. The third-order valence-electron chi connectivity index (χ3n) is 2.72. The van der Waals surface area contributed by atoms with E-state index >= 15 is 0 Å². The van der Waals surface area contributed by atoms with E-state index in [4.69, 9.17) is 4.74 Å². The molecule has 1 N–H and O–H groups in total. The van der Waals surface area contributed by atoms with Crippen molar-refractivity contribution in [2.24, 2.45) is 0 Å². The zero-order valence-electron chi connectivity index (χ0n) is 10.4. The van der Waals surface area contributed by atoms with E-state index in [0.29, 0.717) is 17.6 Å². The van der Waals surface area contributed by atoms with Crippen LogP contribution in [-0.4, -0.2) is 16.9 Å². The molecule has 2 rings (SSSR count). The lowest BCUT2D eigenvalue weighted by molar-refractivity contribution is 0.180. The zero-order chi connectivity index (χ0) is 13.1. The summed E-state index contributed by atoms with van der Waals surface area (Å²) in [5.41, 5.74) is 2.98. The summed E-state index contributed by atoms with van der Waals surface area (Å²) >= 11 is 3.28. The molecule has 1 aromatic heterocycles. The van der Waals surface area contributed by atoms with E-state index < -0.39 is 0 Å². The Bertz CT molecular complexity index is 584. The third-order valence-corrected chi connectivity index (χ3v) is 3.54. The van der Waals surface area contributed by atoms with Crippen molar-refractivity contribution in [1.82, 2.24) is 9.78 Å². The molecule has 0 fully saturated rings. The molecule has 0 amide bonds. The number of nitrogens with one attached hydrogen (secondary N) is 1. The first kappa shape index (κ1) is 13.1. The average molecular weight is 311 g/mol. The van der Waals surface area contributed by atoms with E-state index in [9.17, 15) is 4.79 Å². The molecule has 0 saturated carbocycles. The summed E-state index contributed by atoms with van der Waals surface area (Å²) in [5.74, 6) is 0. The van der Waals surface area contributed by atoms with Gasteiger partial charge in [-0.15, -0.1) is 0 Å². The number of nitrogens with zero attached hydrogens (tertiary/aromatic N) is 1. The number of rotatable bonds is 4. The van der Waals surface area contributed by atoms with Crippen LogP contribution in [0.4, 0.5) is 0 Å². The highest BCUT2D eigenvalue weighted by Gasteiger charge is 2.11. The molecule has 0 atom stereocenters. The fourth-order valence-corrected chi connectivity index (χ4v) is 2.15. The van der Waals surface area contributed by atoms with Gasteiger partial charge in [-0.3, -0.25) is 9.89 Å². The van der Waals surface area contributed by atoms with Gasteiger partial charge < -0.3 is 4.74 Å². The van der Waals surface area contributed by atoms with Crippen molar-refractivity contribution in [3.8, 4) is 0 Å². The molecule has 0 bridgehead atoms. The van der Waals surface area contributed by atoms with E-state index in [1.165, 1.54) is 5.56 Å². The standard InChI is InChI=1S/C13H15BrN2O2/c1-9-3-5-10(6-4-9)7-16-13(17)12(14)11(15-16)8-18-2/h3-6,15H,7-8H2,1-2H3. The van der Waals surface area contributed by atoms with Crippen molar-refractivity contribution < 1.29 is 4.74 Å². The molecular weight excluding hydrogens is 296 g/mol. The molecule has 0 radical (unpaired) electrons. The van der Waals surface area contributed by atoms with Gasteiger partial charge in [0.2, 0.25) is 0 Å². The Kier molecular flexibility index (Phi) is 4.04. The van der Waals surface area contributed by atoms with Crippen LogP contribution in [0.5, 0.6) is 0 Å². The van der Waals surface area contributed by atoms with Crippen LogP contribution in [0.3, 0.4) is 0 Å². The molecule has 1 aromatic carbocycles. The fraction of sp³-hybridized carbons (Fsp3) is 0.308. The number of halogens is 1. The predicted octanol–water partition coefficient (Wildman–Crippen LogP) is 2.44. The SMILES string of the molecule is COCc1[nH]n(Cc2ccc(C)cc2)c(=O)c1Br. The lowest BCUT2D eigenvalue weighted by Gasteiger charge is -2.03. The number of benzene rings is 1. The Balaban J connectivity index is 2.26. The van der Waals surface area contributed by atoms with Gasteiger partial charge in [-0.1, -0.05) is 29.8 Å². The van der Waals surface area contributed by atoms with Gasteiger partial charge in [0.15, 0.2) is 0 Å². The van der Waals surface area contributed by atoms with Gasteiger partial charge in [-0.25, -0.2) is 4.68 Å². The van der Waals surface area contributed by atoms with E-state index in [0.717, 1.165) is 11.3 Å².